The zero-order valence-corrected chi connectivity index (χ0v) is 15.5. The van der Waals surface area contributed by atoms with E-state index in [2.05, 4.69) is 0 Å². The average Bonchev–Trinajstić information content (AvgIpc) is 2.92. The van der Waals surface area contributed by atoms with Crippen LogP contribution in [0.15, 0.2) is 17.0 Å². The molecule has 2 unspecified atom stereocenters. The molecule has 8 heteroatoms. The molecule has 2 atom stereocenters. The van der Waals surface area contributed by atoms with E-state index in [9.17, 15) is 23.1 Å². The van der Waals surface area contributed by atoms with Crippen LogP contribution in [0, 0.1) is 5.92 Å². The minimum Gasteiger partial charge on any atom is -0.481 e. The molecular formula is C18H22N2O5S. The van der Waals surface area contributed by atoms with Crippen molar-refractivity contribution in [3.63, 3.8) is 0 Å². The van der Waals surface area contributed by atoms with E-state index >= 15 is 0 Å². The monoisotopic (exact) mass is 378 g/mol. The van der Waals surface area contributed by atoms with Gasteiger partial charge in [0.2, 0.25) is 15.9 Å². The Morgan fingerprint density at radius 2 is 1.96 bits per heavy atom. The molecular weight excluding hydrogens is 356 g/mol. The standard InChI is InChI=1S/C18H22N2O5S/c1-11-4-5-13(18(22)23)10-20(11)26(24,25)15-7-12-3-2-6-19-16(21)9-14(8-15)17(12)19/h7-8,11,13H,2-6,9-10H2,1H3,(H,22,23). The molecule has 1 aromatic carbocycles. The van der Waals surface area contributed by atoms with Gasteiger partial charge in [0.15, 0.2) is 0 Å². The van der Waals surface area contributed by atoms with Gasteiger partial charge in [0, 0.05) is 19.1 Å². The second-order valence-electron chi connectivity index (χ2n) is 7.45. The summed E-state index contributed by atoms with van der Waals surface area (Å²) in [5, 5.41) is 9.29. The fraction of sp³-hybridized carbons (Fsp3) is 0.556. The van der Waals surface area contributed by atoms with Crippen molar-refractivity contribution >= 4 is 27.6 Å². The summed E-state index contributed by atoms with van der Waals surface area (Å²) in [5.41, 5.74) is 2.55. The van der Waals surface area contributed by atoms with Crippen molar-refractivity contribution < 1.29 is 23.1 Å². The van der Waals surface area contributed by atoms with Gasteiger partial charge in [-0.25, -0.2) is 8.42 Å². The number of hydrogen-bond donors (Lipinski definition) is 1. The van der Waals surface area contributed by atoms with E-state index in [1.165, 1.54) is 4.31 Å². The molecule has 4 rings (SSSR count). The van der Waals surface area contributed by atoms with E-state index in [0.29, 0.717) is 19.4 Å². The third-order valence-electron chi connectivity index (χ3n) is 5.76. The number of piperidine rings is 1. The van der Waals surface area contributed by atoms with Crippen LogP contribution in [0.25, 0.3) is 0 Å². The largest absolute Gasteiger partial charge is 0.481 e. The minimum absolute atomic E-state index is 0.00366. The molecule has 140 valence electrons. The van der Waals surface area contributed by atoms with E-state index in [1.54, 1.807) is 17.0 Å². The number of amides is 1. The van der Waals surface area contributed by atoms with Gasteiger partial charge >= 0.3 is 5.97 Å². The van der Waals surface area contributed by atoms with Crippen LogP contribution in [0.4, 0.5) is 5.69 Å². The van der Waals surface area contributed by atoms with Gasteiger partial charge in [-0.2, -0.15) is 4.31 Å². The number of benzene rings is 1. The van der Waals surface area contributed by atoms with Gasteiger partial charge in [-0.3, -0.25) is 9.59 Å². The van der Waals surface area contributed by atoms with Crippen molar-refractivity contribution in [2.75, 3.05) is 18.0 Å². The summed E-state index contributed by atoms with van der Waals surface area (Å²) in [6.07, 6.45) is 2.83. The van der Waals surface area contributed by atoms with Gasteiger partial charge < -0.3 is 10.0 Å². The van der Waals surface area contributed by atoms with Crippen molar-refractivity contribution in [3.05, 3.63) is 23.3 Å². The smallest absolute Gasteiger partial charge is 0.307 e. The second-order valence-corrected chi connectivity index (χ2v) is 9.34. The number of sulfonamides is 1. The molecule has 0 spiro atoms. The Kier molecular flexibility index (Phi) is 4.07. The lowest BCUT2D eigenvalue weighted by molar-refractivity contribution is -0.143. The topological polar surface area (TPSA) is 95.0 Å². The van der Waals surface area contributed by atoms with E-state index in [0.717, 1.165) is 29.7 Å². The Morgan fingerprint density at radius 3 is 2.69 bits per heavy atom. The highest BCUT2D eigenvalue weighted by Gasteiger charge is 2.39. The molecule has 3 aliphatic rings. The van der Waals surface area contributed by atoms with Crippen LogP contribution in [0.5, 0.6) is 0 Å². The highest BCUT2D eigenvalue weighted by molar-refractivity contribution is 7.89. The normalized spacial score (nSPS) is 26.0. The van der Waals surface area contributed by atoms with Crippen LogP contribution in [0.3, 0.4) is 0 Å². The first-order valence-corrected chi connectivity index (χ1v) is 10.4. The molecule has 1 aromatic rings. The van der Waals surface area contributed by atoms with Crippen molar-refractivity contribution in [3.8, 4) is 0 Å². The quantitative estimate of drug-likeness (QED) is 0.858. The number of carbonyl (C=O) groups excluding carboxylic acids is 1. The zero-order valence-electron chi connectivity index (χ0n) is 14.6. The maximum absolute atomic E-state index is 13.2. The van der Waals surface area contributed by atoms with E-state index < -0.39 is 21.9 Å². The highest BCUT2D eigenvalue weighted by atomic mass is 32.2. The lowest BCUT2D eigenvalue weighted by Crippen LogP contribution is -2.47. The van der Waals surface area contributed by atoms with Gasteiger partial charge in [0.25, 0.3) is 0 Å². The van der Waals surface area contributed by atoms with Crippen LogP contribution >= 0.6 is 0 Å². The number of hydrogen-bond acceptors (Lipinski definition) is 4. The third-order valence-corrected chi connectivity index (χ3v) is 7.72. The van der Waals surface area contributed by atoms with E-state index in [1.807, 2.05) is 6.92 Å². The molecule has 0 saturated carbocycles. The number of carboxylic acid groups (broad SMARTS) is 1. The Morgan fingerprint density at radius 1 is 1.23 bits per heavy atom. The van der Waals surface area contributed by atoms with Gasteiger partial charge in [0.05, 0.1) is 22.9 Å². The Balaban J connectivity index is 1.74. The molecule has 1 amide bonds. The third kappa shape index (κ3) is 2.63. The molecule has 3 aliphatic heterocycles. The van der Waals surface area contributed by atoms with E-state index in [-0.39, 0.29) is 29.8 Å². The Labute approximate surface area is 152 Å². The Bertz CT molecular complexity index is 895. The molecule has 7 nitrogen and oxygen atoms in total. The number of nitrogens with zero attached hydrogens (tertiary/aromatic N) is 2. The van der Waals surface area contributed by atoms with Gasteiger partial charge in [-0.05, 0) is 55.9 Å². The highest BCUT2D eigenvalue weighted by Crippen LogP contribution is 2.39. The summed E-state index contributed by atoms with van der Waals surface area (Å²) in [6, 6.07) is 3.04. The molecule has 26 heavy (non-hydrogen) atoms. The molecule has 0 aliphatic carbocycles. The predicted molar refractivity (Wildman–Crippen MR) is 94.5 cm³/mol. The maximum atomic E-state index is 13.2. The van der Waals surface area contributed by atoms with Crippen molar-refractivity contribution in [1.82, 2.24) is 4.31 Å². The van der Waals surface area contributed by atoms with E-state index in [4.69, 9.17) is 0 Å². The van der Waals surface area contributed by atoms with Crippen molar-refractivity contribution in [2.24, 2.45) is 5.92 Å². The first-order chi connectivity index (χ1) is 12.3. The number of anilines is 1. The minimum atomic E-state index is -3.80. The van der Waals surface area contributed by atoms with Crippen LogP contribution in [0.2, 0.25) is 0 Å². The molecule has 0 aromatic heterocycles. The molecule has 0 radical (unpaired) electrons. The van der Waals surface area contributed by atoms with Gasteiger partial charge in [0.1, 0.15) is 0 Å². The summed E-state index contributed by atoms with van der Waals surface area (Å²) < 4.78 is 27.8. The van der Waals surface area contributed by atoms with Crippen LogP contribution in [-0.2, 0) is 32.5 Å². The van der Waals surface area contributed by atoms with Gasteiger partial charge in [-0.15, -0.1) is 0 Å². The molecule has 1 N–H and O–H groups in total. The summed E-state index contributed by atoms with van der Waals surface area (Å²) in [4.78, 5) is 25.5. The number of carbonyl (C=O) groups is 2. The number of carboxylic acids is 1. The first kappa shape index (κ1) is 17.5. The van der Waals surface area contributed by atoms with Crippen LogP contribution < -0.4 is 4.90 Å². The van der Waals surface area contributed by atoms with Crippen molar-refractivity contribution in [2.45, 2.75) is 50.0 Å². The summed E-state index contributed by atoms with van der Waals surface area (Å²) >= 11 is 0. The average molecular weight is 378 g/mol. The van der Waals surface area contributed by atoms with Crippen LogP contribution in [-0.4, -0.2) is 48.8 Å². The van der Waals surface area contributed by atoms with Crippen molar-refractivity contribution in [1.29, 1.82) is 0 Å². The summed E-state index contributed by atoms with van der Waals surface area (Å²) in [7, 11) is -3.80. The molecule has 1 fully saturated rings. The summed E-state index contributed by atoms with van der Waals surface area (Å²) in [5.74, 6) is -1.61. The fourth-order valence-corrected chi connectivity index (χ4v) is 6.15. The molecule has 0 bridgehead atoms. The predicted octanol–water partition coefficient (Wildman–Crippen LogP) is 1.40. The lowest BCUT2D eigenvalue weighted by atomic mass is 9.96. The molecule has 3 heterocycles. The fourth-order valence-electron chi connectivity index (χ4n) is 4.34. The summed E-state index contributed by atoms with van der Waals surface area (Å²) in [6.45, 7) is 2.50. The molecule has 1 saturated heterocycles. The number of aryl methyl sites for hydroxylation is 1. The zero-order chi connectivity index (χ0) is 18.6. The number of aliphatic carboxylic acids is 1. The van der Waals surface area contributed by atoms with Gasteiger partial charge in [-0.1, -0.05) is 0 Å². The number of rotatable bonds is 3. The second kappa shape index (κ2) is 6.06. The first-order valence-electron chi connectivity index (χ1n) is 9.00. The maximum Gasteiger partial charge on any atom is 0.307 e. The Hall–Kier alpha value is -1.93. The lowest BCUT2D eigenvalue weighted by Gasteiger charge is -2.35. The van der Waals surface area contributed by atoms with Crippen LogP contribution in [0.1, 0.15) is 37.3 Å². The SMILES string of the molecule is CC1CCC(C(=O)O)CN1S(=O)(=O)c1cc2c3c(c1)CC(=O)N3CCC2.